The van der Waals surface area contributed by atoms with Crippen molar-refractivity contribution in [2.45, 2.75) is 44.5 Å². The monoisotopic (exact) mass is 370 g/mol. The van der Waals surface area contributed by atoms with Gasteiger partial charge in [0, 0.05) is 19.3 Å². The molecule has 3 fully saturated rings. The number of pyridine rings is 1. The van der Waals surface area contributed by atoms with Crippen LogP contribution in [0.3, 0.4) is 0 Å². The fourth-order valence-electron chi connectivity index (χ4n) is 5.20. The molecule has 2 aliphatic carbocycles. The first kappa shape index (κ1) is 17.2. The third-order valence-electron chi connectivity index (χ3n) is 6.48. The van der Waals surface area contributed by atoms with E-state index in [4.69, 9.17) is 14.2 Å². The van der Waals surface area contributed by atoms with Gasteiger partial charge in [0.25, 0.3) is 0 Å². The number of esters is 1. The van der Waals surface area contributed by atoms with Gasteiger partial charge in [-0.25, -0.2) is 9.78 Å². The zero-order chi connectivity index (χ0) is 18.4. The minimum atomic E-state index is -0.549. The maximum Gasteiger partial charge on any atom is 0.337 e. The normalized spacial score (nSPS) is 35.0. The zero-order valence-electron chi connectivity index (χ0n) is 15.7. The van der Waals surface area contributed by atoms with E-state index >= 15 is 0 Å². The van der Waals surface area contributed by atoms with E-state index in [1.807, 2.05) is 12.3 Å². The van der Waals surface area contributed by atoms with Crippen molar-refractivity contribution in [1.82, 2.24) is 4.98 Å². The number of carbonyl (C=O) groups excluding carboxylic acids is 1. The van der Waals surface area contributed by atoms with Crippen LogP contribution in [0.5, 0.6) is 0 Å². The van der Waals surface area contributed by atoms with E-state index in [1.165, 1.54) is 0 Å². The standard InChI is InChI=1S/C21H26N2O4/c1-14-10-16-3-4-18-21(16,17(11-14)20(24)27-18)26-13-15-2-5-19(22-12-15)23-6-8-25-9-7-23/h2,5,11-12,14,16,18H,3-4,6-10,13H2,1H3/t14-,16+,18+,21-/m1/s1. The molecule has 144 valence electrons. The molecule has 6 nitrogen and oxygen atoms in total. The van der Waals surface area contributed by atoms with E-state index in [0.717, 1.165) is 62.5 Å². The molecule has 0 radical (unpaired) electrons. The van der Waals surface area contributed by atoms with Crippen molar-refractivity contribution >= 4 is 11.8 Å². The molecule has 5 rings (SSSR count). The van der Waals surface area contributed by atoms with Crippen molar-refractivity contribution in [2.75, 3.05) is 31.2 Å². The molecule has 0 aromatic carbocycles. The average Bonchev–Trinajstić information content (AvgIpc) is 3.18. The number of rotatable bonds is 4. The van der Waals surface area contributed by atoms with Gasteiger partial charge < -0.3 is 19.1 Å². The van der Waals surface area contributed by atoms with Gasteiger partial charge in [-0.15, -0.1) is 0 Å². The van der Waals surface area contributed by atoms with Crippen LogP contribution in [0.1, 0.15) is 31.7 Å². The summed E-state index contributed by atoms with van der Waals surface area (Å²) in [5, 5.41) is 0. The number of ether oxygens (including phenoxy) is 3. The first-order valence-electron chi connectivity index (χ1n) is 10.0. The summed E-state index contributed by atoms with van der Waals surface area (Å²) in [6.45, 7) is 5.87. The average molecular weight is 370 g/mol. The highest BCUT2D eigenvalue weighted by Gasteiger charge is 2.63. The Hall–Kier alpha value is -1.92. The van der Waals surface area contributed by atoms with E-state index in [1.54, 1.807) is 0 Å². The summed E-state index contributed by atoms with van der Waals surface area (Å²) >= 11 is 0. The predicted molar refractivity (Wildman–Crippen MR) is 99.3 cm³/mol. The molecule has 3 heterocycles. The quantitative estimate of drug-likeness (QED) is 0.759. The summed E-state index contributed by atoms with van der Waals surface area (Å²) < 4.78 is 17.6. The fraction of sp³-hybridized carbons (Fsp3) is 0.619. The van der Waals surface area contributed by atoms with Crippen LogP contribution >= 0.6 is 0 Å². The molecule has 2 aliphatic heterocycles. The number of carbonyl (C=O) groups is 1. The van der Waals surface area contributed by atoms with Gasteiger partial charge in [0.1, 0.15) is 17.5 Å². The number of hydrogen-bond donors (Lipinski definition) is 0. The maximum absolute atomic E-state index is 12.4. The first-order chi connectivity index (χ1) is 13.2. The van der Waals surface area contributed by atoms with Crippen molar-refractivity contribution in [1.29, 1.82) is 0 Å². The minimum absolute atomic E-state index is 0.130. The van der Waals surface area contributed by atoms with Gasteiger partial charge in [-0.3, -0.25) is 0 Å². The molecule has 0 bridgehead atoms. The molecular formula is C21H26N2O4. The van der Waals surface area contributed by atoms with E-state index in [2.05, 4.69) is 29.0 Å². The lowest BCUT2D eigenvalue weighted by molar-refractivity contribution is -0.142. The smallest absolute Gasteiger partial charge is 0.337 e. The molecular weight excluding hydrogens is 344 g/mol. The Bertz CT molecular complexity index is 756. The molecule has 4 atom stereocenters. The Morgan fingerprint density at radius 1 is 1.30 bits per heavy atom. The molecule has 0 amide bonds. The van der Waals surface area contributed by atoms with Crippen LogP contribution in [0.2, 0.25) is 0 Å². The molecule has 0 spiro atoms. The van der Waals surface area contributed by atoms with Crippen LogP contribution in [0.25, 0.3) is 0 Å². The fourth-order valence-corrected chi connectivity index (χ4v) is 5.20. The molecule has 1 aromatic heterocycles. The van der Waals surface area contributed by atoms with Gasteiger partial charge in [-0.05, 0) is 42.7 Å². The Morgan fingerprint density at radius 3 is 2.93 bits per heavy atom. The first-order valence-corrected chi connectivity index (χ1v) is 10.0. The number of morpholine rings is 1. The molecule has 1 saturated carbocycles. The molecule has 6 heteroatoms. The SMILES string of the molecule is C[C@H]1C=C2C(=O)O[C@H]3CC[C@@H](C1)[C@@]23OCc1ccc(N2CCOCC2)nc1. The number of allylic oxidation sites excluding steroid dienone is 1. The van der Waals surface area contributed by atoms with Gasteiger partial charge in [-0.1, -0.05) is 19.1 Å². The Labute approximate surface area is 159 Å². The number of hydrogen-bond acceptors (Lipinski definition) is 6. The second-order valence-electron chi connectivity index (χ2n) is 8.17. The van der Waals surface area contributed by atoms with Crippen LogP contribution < -0.4 is 4.90 Å². The van der Waals surface area contributed by atoms with Crippen molar-refractivity contribution in [3.63, 3.8) is 0 Å². The lowest BCUT2D eigenvalue weighted by atomic mass is 9.73. The maximum atomic E-state index is 12.4. The van der Waals surface area contributed by atoms with E-state index in [0.29, 0.717) is 18.4 Å². The summed E-state index contributed by atoms with van der Waals surface area (Å²) in [6.07, 6.45) is 6.85. The van der Waals surface area contributed by atoms with Gasteiger partial charge in [0.15, 0.2) is 0 Å². The van der Waals surface area contributed by atoms with Crippen LogP contribution in [0.15, 0.2) is 30.0 Å². The van der Waals surface area contributed by atoms with Crippen LogP contribution in [0, 0.1) is 11.8 Å². The topological polar surface area (TPSA) is 60.9 Å². The molecule has 0 N–H and O–H groups in total. The van der Waals surface area contributed by atoms with E-state index in [-0.39, 0.29) is 12.1 Å². The summed E-state index contributed by atoms with van der Waals surface area (Å²) in [5.41, 5.74) is 1.23. The summed E-state index contributed by atoms with van der Waals surface area (Å²) in [4.78, 5) is 19.2. The number of nitrogens with zero attached hydrogens (tertiary/aromatic N) is 2. The summed E-state index contributed by atoms with van der Waals surface area (Å²) in [5.74, 6) is 1.56. The van der Waals surface area contributed by atoms with Crippen molar-refractivity contribution in [2.24, 2.45) is 11.8 Å². The van der Waals surface area contributed by atoms with E-state index in [9.17, 15) is 4.79 Å². The Kier molecular flexibility index (Phi) is 4.20. The molecule has 1 aromatic rings. The number of aromatic nitrogens is 1. The third-order valence-corrected chi connectivity index (χ3v) is 6.48. The minimum Gasteiger partial charge on any atom is -0.455 e. The van der Waals surface area contributed by atoms with Crippen molar-refractivity contribution < 1.29 is 19.0 Å². The van der Waals surface area contributed by atoms with Gasteiger partial charge in [0.2, 0.25) is 0 Å². The summed E-state index contributed by atoms with van der Waals surface area (Å²) in [6, 6.07) is 4.12. The highest BCUT2D eigenvalue weighted by molar-refractivity contribution is 5.94. The lowest BCUT2D eigenvalue weighted by Gasteiger charge is -2.38. The van der Waals surface area contributed by atoms with Crippen molar-refractivity contribution in [3.8, 4) is 0 Å². The lowest BCUT2D eigenvalue weighted by Crippen LogP contribution is -2.46. The molecule has 27 heavy (non-hydrogen) atoms. The Balaban J connectivity index is 1.33. The highest BCUT2D eigenvalue weighted by Crippen LogP contribution is 2.55. The highest BCUT2D eigenvalue weighted by atomic mass is 16.6. The van der Waals surface area contributed by atoms with Crippen molar-refractivity contribution in [3.05, 3.63) is 35.5 Å². The van der Waals surface area contributed by atoms with Gasteiger partial charge >= 0.3 is 5.97 Å². The van der Waals surface area contributed by atoms with E-state index < -0.39 is 5.60 Å². The predicted octanol–water partition coefficient (Wildman–Crippen LogP) is 2.48. The second-order valence-corrected chi connectivity index (χ2v) is 8.17. The van der Waals surface area contributed by atoms with Gasteiger partial charge in [0.05, 0.1) is 25.4 Å². The largest absolute Gasteiger partial charge is 0.455 e. The Morgan fingerprint density at radius 2 is 2.15 bits per heavy atom. The number of anilines is 1. The van der Waals surface area contributed by atoms with Crippen LogP contribution in [0.4, 0.5) is 5.82 Å². The molecule has 2 saturated heterocycles. The van der Waals surface area contributed by atoms with Crippen LogP contribution in [-0.4, -0.2) is 49.0 Å². The second kappa shape index (κ2) is 6.60. The zero-order valence-corrected chi connectivity index (χ0v) is 15.7. The third kappa shape index (κ3) is 2.77. The van der Waals surface area contributed by atoms with Crippen LogP contribution in [-0.2, 0) is 25.6 Å². The summed E-state index contributed by atoms with van der Waals surface area (Å²) in [7, 11) is 0. The van der Waals surface area contributed by atoms with Gasteiger partial charge in [-0.2, -0.15) is 0 Å². The molecule has 4 aliphatic rings. The molecule has 0 unspecified atom stereocenters.